The molecule has 0 unspecified atom stereocenters. The van der Waals surface area contributed by atoms with Crippen molar-refractivity contribution in [1.29, 1.82) is 0 Å². The monoisotopic (exact) mass is 258 g/mol. The lowest BCUT2D eigenvalue weighted by Crippen LogP contribution is -2.04. The Morgan fingerprint density at radius 3 is 2.54 bits per heavy atom. The van der Waals surface area contributed by atoms with Crippen LogP contribution in [0.4, 0.5) is 0 Å². The molecule has 13 heavy (non-hydrogen) atoms. The standard InChI is InChI=1S/C11H15BrS/c1-2-9-3-4-10(13-9)7-11(8-12)5-6-11/h3-4H,2,5-8H2,1H3. The molecule has 0 bridgehead atoms. The molecule has 0 amide bonds. The van der Waals surface area contributed by atoms with Gasteiger partial charge in [0.2, 0.25) is 0 Å². The highest BCUT2D eigenvalue weighted by molar-refractivity contribution is 9.09. The first-order valence-electron chi connectivity index (χ1n) is 4.91. The van der Waals surface area contributed by atoms with Gasteiger partial charge in [0.25, 0.3) is 0 Å². The molecule has 0 atom stereocenters. The van der Waals surface area contributed by atoms with E-state index >= 15 is 0 Å². The van der Waals surface area contributed by atoms with Crippen LogP contribution >= 0.6 is 27.3 Å². The van der Waals surface area contributed by atoms with Gasteiger partial charge in [-0.05, 0) is 43.2 Å². The first-order valence-corrected chi connectivity index (χ1v) is 6.85. The van der Waals surface area contributed by atoms with E-state index in [-0.39, 0.29) is 0 Å². The van der Waals surface area contributed by atoms with Crippen molar-refractivity contribution in [1.82, 2.24) is 0 Å². The van der Waals surface area contributed by atoms with E-state index in [0.29, 0.717) is 5.41 Å². The van der Waals surface area contributed by atoms with E-state index in [9.17, 15) is 0 Å². The van der Waals surface area contributed by atoms with Gasteiger partial charge >= 0.3 is 0 Å². The minimum atomic E-state index is 0.635. The van der Waals surface area contributed by atoms with Crippen molar-refractivity contribution in [3.05, 3.63) is 21.9 Å². The maximum absolute atomic E-state index is 3.62. The summed E-state index contributed by atoms with van der Waals surface area (Å²) in [7, 11) is 0. The molecule has 1 aromatic rings. The summed E-state index contributed by atoms with van der Waals surface area (Å²) in [5.74, 6) is 0. The smallest absolute Gasteiger partial charge is 0.00914 e. The molecule has 0 spiro atoms. The lowest BCUT2D eigenvalue weighted by Gasteiger charge is -2.08. The molecular weight excluding hydrogens is 244 g/mol. The van der Waals surface area contributed by atoms with Crippen molar-refractivity contribution in [3.63, 3.8) is 0 Å². The molecule has 0 radical (unpaired) electrons. The lowest BCUT2D eigenvalue weighted by molar-refractivity contribution is 0.592. The van der Waals surface area contributed by atoms with Gasteiger partial charge in [0.1, 0.15) is 0 Å². The number of aryl methyl sites for hydroxylation is 1. The summed E-state index contributed by atoms with van der Waals surface area (Å²) in [6, 6.07) is 4.59. The molecule has 1 heterocycles. The van der Waals surface area contributed by atoms with Crippen LogP contribution in [0, 0.1) is 5.41 Å². The van der Waals surface area contributed by atoms with E-state index in [1.165, 1.54) is 35.9 Å². The Morgan fingerprint density at radius 1 is 1.38 bits per heavy atom. The van der Waals surface area contributed by atoms with Crippen molar-refractivity contribution in [3.8, 4) is 0 Å². The van der Waals surface area contributed by atoms with Crippen LogP contribution in [0.3, 0.4) is 0 Å². The Bertz CT molecular complexity index is 286. The molecule has 0 N–H and O–H groups in total. The van der Waals surface area contributed by atoms with Gasteiger partial charge in [-0.25, -0.2) is 0 Å². The number of thiophene rings is 1. The summed E-state index contributed by atoms with van der Waals surface area (Å²) in [5.41, 5.74) is 0.635. The second-order valence-electron chi connectivity index (χ2n) is 4.03. The van der Waals surface area contributed by atoms with Crippen molar-refractivity contribution >= 4 is 27.3 Å². The molecule has 1 fully saturated rings. The molecule has 1 saturated carbocycles. The maximum Gasteiger partial charge on any atom is 0.00914 e. The van der Waals surface area contributed by atoms with Gasteiger partial charge in [-0.2, -0.15) is 0 Å². The Balaban J connectivity index is 2.01. The molecule has 0 aromatic carbocycles. The number of hydrogen-bond acceptors (Lipinski definition) is 1. The second kappa shape index (κ2) is 3.74. The molecule has 1 aliphatic rings. The maximum atomic E-state index is 3.62. The molecule has 0 aliphatic heterocycles. The Hall–Kier alpha value is 0.180. The van der Waals surface area contributed by atoms with Gasteiger partial charge in [-0.15, -0.1) is 11.3 Å². The molecule has 0 nitrogen and oxygen atoms in total. The van der Waals surface area contributed by atoms with Crippen molar-refractivity contribution < 1.29 is 0 Å². The third kappa shape index (κ3) is 2.16. The third-order valence-electron chi connectivity index (χ3n) is 2.86. The highest BCUT2D eigenvalue weighted by Gasteiger charge is 2.41. The molecule has 1 aliphatic carbocycles. The normalized spacial score (nSPS) is 18.9. The van der Waals surface area contributed by atoms with E-state index in [0.717, 1.165) is 0 Å². The van der Waals surface area contributed by atoms with Crippen LogP contribution in [0.2, 0.25) is 0 Å². The zero-order valence-electron chi connectivity index (χ0n) is 7.98. The van der Waals surface area contributed by atoms with Crippen LogP contribution in [-0.4, -0.2) is 5.33 Å². The van der Waals surface area contributed by atoms with E-state index < -0.39 is 0 Å². The Labute approximate surface area is 92.5 Å². The zero-order chi connectivity index (χ0) is 9.31. The van der Waals surface area contributed by atoms with Gasteiger partial charge in [0, 0.05) is 15.1 Å². The van der Waals surface area contributed by atoms with Crippen LogP contribution in [-0.2, 0) is 12.8 Å². The average molecular weight is 259 g/mol. The summed E-state index contributed by atoms with van der Waals surface area (Å²) in [6.45, 7) is 2.23. The van der Waals surface area contributed by atoms with E-state index in [2.05, 4.69) is 35.0 Å². The molecule has 2 rings (SSSR count). The molecular formula is C11H15BrS. The minimum Gasteiger partial charge on any atom is -0.145 e. The molecule has 2 heteroatoms. The third-order valence-corrected chi connectivity index (χ3v) is 5.27. The van der Waals surface area contributed by atoms with Crippen molar-refractivity contribution in [2.75, 3.05) is 5.33 Å². The fourth-order valence-electron chi connectivity index (χ4n) is 1.61. The van der Waals surface area contributed by atoms with Crippen LogP contribution in [0.25, 0.3) is 0 Å². The van der Waals surface area contributed by atoms with Crippen molar-refractivity contribution in [2.24, 2.45) is 5.41 Å². The summed E-state index contributed by atoms with van der Waals surface area (Å²) in [4.78, 5) is 3.11. The van der Waals surface area contributed by atoms with E-state index in [4.69, 9.17) is 0 Å². The summed E-state index contributed by atoms with van der Waals surface area (Å²) in [5, 5.41) is 1.18. The predicted octanol–water partition coefficient (Wildman–Crippen LogP) is 4.03. The molecule has 0 saturated heterocycles. The van der Waals surface area contributed by atoms with Crippen LogP contribution < -0.4 is 0 Å². The summed E-state index contributed by atoms with van der Waals surface area (Å²) >= 11 is 5.61. The zero-order valence-corrected chi connectivity index (χ0v) is 10.4. The van der Waals surface area contributed by atoms with Gasteiger partial charge in [-0.3, -0.25) is 0 Å². The summed E-state index contributed by atoms with van der Waals surface area (Å²) in [6.07, 6.45) is 5.31. The van der Waals surface area contributed by atoms with Crippen LogP contribution in [0.5, 0.6) is 0 Å². The van der Waals surface area contributed by atoms with E-state index in [1.807, 2.05) is 11.3 Å². The average Bonchev–Trinajstić information content (AvgIpc) is 2.77. The van der Waals surface area contributed by atoms with Gasteiger partial charge in [0.05, 0.1) is 0 Å². The predicted molar refractivity (Wildman–Crippen MR) is 62.9 cm³/mol. The van der Waals surface area contributed by atoms with Crippen LogP contribution in [0.15, 0.2) is 12.1 Å². The second-order valence-corrected chi connectivity index (χ2v) is 5.85. The largest absolute Gasteiger partial charge is 0.145 e. The SMILES string of the molecule is CCc1ccc(CC2(CBr)CC2)s1. The topological polar surface area (TPSA) is 0 Å². The Morgan fingerprint density at radius 2 is 2.08 bits per heavy atom. The fraction of sp³-hybridized carbons (Fsp3) is 0.636. The van der Waals surface area contributed by atoms with Crippen molar-refractivity contribution in [2.45, 2.75) is 32.6 Å². The number of rotatable bonds is 4. The van der Waals surface area contributed by atoms with E-state index in [1.54, 1.807) is 4.88 Å². The number of halogens is 1. The minimum absolute atomic E-state index is 0.635. The van der Waals surface area contributed by atoms with Gasteiger partial charge in [-0.1, -0.05) is 22.9 Å². The quantitative estimate of drug-likeness (QED) is 0.716. The highest BCUT2D eigenvalue weighted by Crippen LogP contribution is 2.50. The van der Waals surface area contributed by atoms with Gasteiger partial charge < -0.3 is 0 Å². The first kappa shape index (κ1) is 9.72. The van der Waals surface area contributed by atoms with Gasteiger partial charge in [0.15, 0.2) is 0 Å². The summed E-state index contributed by atoms with van der Waals surface area (Å²) < 4.78 is 0. The lowest BCUT2D eigenvalue weighted by atomic mass is 10.1. The molecule has 72 valence electrons. The van der Waals surface area contributed by atoms with Crippen LogP contribution in [0.1, 0.15) is 29.5 Å². The molecule has 1 aromatic heterocycles. The Kier molecular flexibility index (Phi) is 2.80. The fourth-order valence-corrected chi connectivity index (χ4v) is 3.50. The highest BCUT2D eigenvalue weighted by atomic mass is 79.9. The number of hydrogen-bond donors (Lipinski definition) is 0. The first-order chi connectivity index (χ1) is 6.28. The number of alkyl halides is 1.